The Bertz CT molecular complexity index is 568. The van der Waals surface area contributed by atoms with Gasteiger partial charge in [0.25, 0.3) is 0 Å². The van der Waals surface area contributed by atoms with Crippen molar-refractivity contribution in [2.24, 2.45) is 5.73 Å². The summed E-state index contributed by atoms with van der Waals surface area (Å²) >= 11 is 0. The third kappa shape index (κ3) is 3.42. The number of hydrogen-bond donors (Lipinski definition) is 1. The van der Waals surface area contributed by atoms with Crippen LogP contribution in [-0.4, -0.2) is 4.98 Å². The number of nitrogens with two attached hydrogens (primary N) is 1. The monoisotopic (exact) mass is 254 g/mol. The Hall–Kier alpha value is -1.67. The summed E-state index contributed by atoms with van der Waals surface area (Å²) in [6.07, 6.45) is 0.865. The van der Waals surface area contributed by atoms with E-state index in [0.29, 0.717) is 0 Å². The molecule has 0 saturated heterocycles. The first-order valence-corrected chi connectivity index (χ1v) is 6.72. The first-order valence-electron chi connectivity index (χ1n) is 6.72. The number of aryl methyl sites for hydroxylation is 4. The second-order valence-corrected chi connectivity index (χ2v) is 5.41. The highest BCUT2D eigenvalue weighted by Crippen LogP contribution is 2.19. The highest BCUT2D eigenvalue weighted by Gasteiger charge is 2.09. The van der Waals surface area contributed by atoms with Crippen LogP contribution in [0.15, 0.2) is 30.3 Å². The van der Waals surface area contributed by atoms with Gasteiger partial charge in [0.05, 0.1) is 0 Å². The molecule has 100 valence electrons. The summed E-state index contributed by atoms with van der Waals surface area (Å²) in [7, 11) is 0. The van der Waals surface area contributed by atoms with Crippen LogP contribution in [0, 0.1) is 27.7 Å². The van der Waals surface area contributed by atoms with Crippen LogP contribution in [0.5, 0.6) is 0 Å². The van der Waals surface area contributed by atoms with Crippen LogP contribution in [0.25, 0.3) is 0 Å². The first kappa shape index (κ1) is 13.8. The third-order valence-corrected chi connectivity index (χ3v) is 3.56. The molecule has 0 fully saturated rings. The minimum Gasteiger partial charge on any atom is -0.324 e. The van der Waals surface area contributed by atoms with E-state index in [0.717, 1.165) is 17.8 Å². The Morgan fingerprint density at radius 3 is 2.16 bits per heavy atom. The zero-order valence-corrected chi connectivity index (χ0v) is 12.2. The van der Waals surface area contributed by atoms with E-state index < -0.39 is 0 Å². The minimum atomic E-state index is 0.0301. The molecule has 0 radical (unpaired) electrons. The summed E-state index contributed by atoms with van der Waals surface area (Å²) in [5.41, 5.74) is 13.5. The molecule has 0 spiro atoms. The van der Waals surface area contributed by atoms with Gasteiger partial charge in [-0.3, -0.25) is 4.98 Å². The van der Waals surface area contributed by atoms with E-state index in [1.165, 1.54) is 22.3 Å². The summed E-state index contributed by atoms with van der Waals surface area (Å²) < 4.78 is 0. The Morgan fingerprint density at radius 2 is 1.58 bits per heavy atom. The molecule has 2 N–H and O–H groups in total. The average Bonchev–Trinajstić information content (AvgIpc) is 2.32. The van der Waals surface area contributed by atoms with Gasteiger partial charge >= 0.3 is 0 Å². The largest absolute Gasteiger partial charge is 0.324 e. The van der Waals surface area contributed by atoms with E-state index in [2.05, 4.69) is 49.2 Å². The summed E-state index contributed by atoms with van der Waals surface area (Å²) in [5, 5.41) is 0. The second-order valence-electron chi connectivity index (χ2n) is 5.41. The average molecular weight is 254 g/mol. The summed E-state index contributed by atoms with van der Waals surface area (Å²) in [5.74, 6) is 0. The maximum Gasteiger partial charge on any atom is 0.0379 e. The molecule has 2 aromatic rings. The molecule has 19 heavy (non-hydrogen) atoms. The molecule has 1 aromatic heterocycles. The first-order chi connectivity index (χ1) is 8.95. The number of hydrogen-bond acceptors (Lipinski definition) is 2. The normalized spacial score (nSPS) is 12.5. The van der Waals surface area contributed by atoms with E-state index in [9.17, 15) is 0 Å². The van der Waals surface area contributed by atoms with Gasteiger partial charge in [-0.25, -0.2) is 0 Å². The fraction of sp³-hybridized carbons (Fsp3) is 0.353. The number of benzene rings is 1. The molecule has 0 bridgehead atoms. The fourth-order valence-corrected chi connectivity index (χ4v) is 2.38. The van der Waals surface area contributed by atoms with Crippen LogP contribution in [0.3, 0.4) is 0 Å². The molecule has 2 heteroatoms. The van der Waals surface area contributed by atoms with E-state index in [-0.39, 0.29) is 6.04 Å². The van der Waals surface area contributed by atoms with Crippen molar-refractivity contribution in [1.82, 2.24) is 4.98 Å². The van der Waals surface area contributed by atoms with Crippen molar-refractivity contribution in [3.8, 4) is 0 Å². The lowest BCUT2D eigenvalue weighted by atomic mass is 9.97. The Balaban J connectivity index is 2.20. The standard InChI is InChI=1S/C17H22N2/c1-11-5-6-15(7-12(11)2)10-17(18)16-8-13(3)19-14(4)9-16/h5-9,17H,10,18H2,1-4H3. The lowest BCUT2D eigenvalue weighted by molar-refractivity contribution is 0.717. The van der Waals surface area contributed by atoms with Crippen LogP contribution >= 0.6 is 0 Å². The fourth-order valence-electron chi connectivity index (χ4n) is 2.38. The highest BCUT2D eigenvalue weighted by molar-refractivity contribution is 5.32. The van der Waals surface area contributed by atoms with Crippen LogP contribution in [0.1, 0.15) is 39.7 Å². The lowest BCUT2D eigenvalue weighted by Crippen LogP contribution is -2.14. The smallest absolute Gasteiger partial charge is 0.0379 e. The van der Waals surface area contributed by atoms with Gasteiger partial charge in [0, 0.05) is 17.4 Å². The van der Waals surface area contributed by atoms with Crippen molar-refractivity contribution < 1.29 is 0 Å². The van der Waals surface area contributed by atoms with Gasteiger partial charge in [-0.1, -0.05) is 18.2 Å². The molecule has 0 amide bonds. The van der Waals surface area contributed by atoms with Crippen LogP contribution in [0.4, 0.5) is 0 Å². The van der Waals surface area contributed by atoms with Gasteiger partial charge in [-0.2, -0.15) is 0 Å². The molecule has 0 aliphatic carbocycles. The molecule has 2 nitrogen and oxygen atoms in total. The second kappa shape index (κ2) is 5.54. The quantitative estimate of drug-likeness (QED) is 0.909. The minimum absolute atomic E-state index is 0.0301. The predicted octanol–water partition coefficient (Wildman–Crippen LogP) is 3.56. The van der Waals surface area contributed by atoms with Gasteiger partial charge in [0.2, 0.25) is 0 Å². The number of nitrogens with zero attached hydrogens (tertiary/aromatic N) is 1. The molecular formula is C17H22N2. The zero-order chi connectivity index (χ0) is 14.0. The molecule has 0 saturated carbocycles. The van der Waals surface area contributed by atoms with Crippen LogP contribution < -0.4 is 5.73 Å². The van der Waals surface area contributed by atoms with E-state index in [1.807, 2.05) is 13.8 Å². The van der Waals surface area contributed by atoms with Crippen molar-refractivity contribution in [3.05, 3.63) is 64.0 Å². The number of pyridine rings is 1. The SMILES string of the molecule is Cc1cc(C(N)Cc2ccc(C)c(C)c2)cc(C)n1. The highest BCUT2D eigenvalue weighted by atomic mass is 14.7. The predicted molar refractivity (Wildman–Crippen MR) is 80.3 cm³/mol. The van der Waals surface area contributed by atoms with Gasteiger partial charge < -0.3 is 5.73 Å². The van der Waals surface area contributed by atoms with E-state index in [4.69, 9.17) is 5.73 Å². The van der Waals surface area contributed by atoms with Gasteiger partial charge in [0.1, 0.15) is 0 Å². The summed E-state index contributed by atoms with van der Waals surface area (Å²) in [6, 6.07) is 10.8. The van der Waals surface area contributed by atoms with Gasteiger partial charge in [-0.15, -0.1) is 0 Å². The van der Waals surface area contributed by atoms with Crippen molar-refractivity contribution in [2.45, 2.75) is 40.2 Å². The summed E-state index contributed by atoms with van der Waals surface area (Å²) in [4.78, 5) is 4.39. The molecule has 0 aliphatic rings. The van der Waals surface area contributed by atoms with Gasteiger partial charge in [0.15, 0.2) is 0 Å². The molecule has 2 rings (SSSR count). The number of rotatable bonds is 3. The summed E-state index contributed by atoms with van der Waals surface area (Å²) in [6.45, 7) is 8.30. The van der Waals surface area contributed by atoms with Crippen LogP contribution in [0.2, 0.25) is 0 Å². The molecule has 1 aromatic carbocycles. The van der Waals surface area contributed by atoms with E-state index in [1.54, 1.807) is 0 Å². The van der Waals surface area contributed by atoms with Gasteiger partial charge in [-0.05, 0) is 68.5 Å². The van der Waals surface area contributed by atoms with E-state index >= 15 is 0 Å². The maximum absolute atomic E-state index is 6.33. The maximum atomic E-state index is 6.33. The Labute approximate surface area is 115 Å². The van der Waals surface area contributed by atoms with Crippen molar-refractivity contribution in [3.63, 3.8) is 0 Å². The molecule has 1 atom stereocenters. The van der Waals surface area contributed by atoms with Crippen molar-refractivity contribution in [1.29, 1.82) is 0 Å². The van der Waals surface area contributed by atoms with Crippen LogP contribution in [-0.2, 0) is 6.42 Å². The molecular weight excluding hydrogens is 232 g/mol. The van der Waals surface area contributed by atoms with Crippen molar-refractivity contribution >= 4 is 0 Å². The third-order valence-electron chi connectivity index (χ3n) is 3.56. The van der Waals surface area contributed by atoms with Crippen molar-refractivity contribution in [2.75, 3.05) is 0 Å². The topological polar surface area (TPSA) is 38.9 Å². The Morgan fingerprint density at radius 1 is 0.947 bits per heavy atom. The Kier molecular flexibility index (Phi) is 4.01. The molecule has 0 aliphatic heterocycles. The number of aromatic nitrogens is 1. The molecule has 1 unspecified atom stereocenters. The molecule has 1 heterocycles. The lowest BCUT2D eigenvalue weighted by Gasteiger charge is -2.14. The zero-order valence-electron chi connectivity index (χ0n) is 12.2.